The molecule has 0 aliphatic rings. The van der Waals surface area contributed by atoms with Gasteiger partial charge in [-0.05, 0) is 31.2 Å². The van der Waals surface area contributed by atoms with Crippen molar-refractivity contribution in [3.05, 3.63) is 69.3 Å². The summed E-state index contributed by atoms with van der Waals surface area (Å²) in [5.41, 5.74) is 3.65. The molecule has 1 aromatic heterocycles. The van der Waals surface area contributed by atoms with E-state index in [1.54, 1.807) is 24.4 Å². The van der Waals surface area contributed by atoms with Crippen LogP contribution in [0.25, 0.3) is 10.9 Å². The molecule has 0 saturated carbocycles. The molecule has 3 nitrogen and oxygen atoms in total. The highest BCUT2D eigenvalue weighted by Gasteiger charge is 2.17. The second kappa shape index (κ2) is 5.19. The summed E-state index contributed by atoms with van der Waals surface area (Å²) in [6.07, 6.45) is 1.70. The van der Waals surface area contributed by atoms with E-state index in [-0.39, 0.29) is 5.78 Å². The first-order valence-corrected chi connectivity index (χ1v) is 7.21. The molecule has 0 aliphatic heterocycles. The van der Waals surface area contributed by atoms with E-state index in [9.17, 15) is 4.79 Å². The maximum Gasteiger partial charge on any atom is 0.196 e. The van der Waals surface area contributed by atoms with Gasteiger partial charge in [0.05, 0.1) is 11.6 Å². The Balaban J connectivity index is 2.14. The lowest BCUT2D eigenvalue weighted by Crippen LogP contribution is -2.02. The smallest absolute Gasteiger partial charge is 0.196 e. The molecule has 0 bridgehead atoms. The number of hydrogen-bond acceptors (Lipinski definition) is 2. The van der Waals surface area contributed by atoms with Crippen molar-refractivity contribution in [3.63, 3.8) is 0 Å². The zero-order valence-electron chi connectivity index (χ0n) is 11.3. The van der Waals surface area contributed by atoms with E-state index < -0.39 is 0 Å². The lowest BCUT2D eigenvalue weighted by Gasteiger charge is -2.04. The third-order valence-electron chi connectivity index (χ3n) is 3.42. The fourth-order valence-electron chi connectivity index (χ4n) is 2.34. The summed E-state index contributed by atoms with van der Waals surface area (Å²) in [6.45, 7) is 1.96. The van der Waals surface area contributed by atoms with Crippen LogP contribution in [0.3, 0.4) is 0 Å². The standard InChI is InChI=1S/C17H11BrN2O/c1-10-2-5-15(18)13(6-10)17(21)14-9-20-16-7-11(8-19)3-4-12(14)16/h2-7,9,20H,1H3. The Morgan fingerprint density at radius 3 is 2.76 bits per heavy atom. The van der Waals surface area contributed by atoms with Crippen LogP contribution in [0.15, 0.2) is 47.1 Å². The molecule has 0 radical (unpaired) electrons. The number of hydrogen-bond donors (Lipinski definition) is 1. The van der Waals surface area contributed by atoms with E-state index in [1.807, 2.05) is 25.1 Å². The van der Waals surface area contributed by atoms with Gasteiger partial charge in [0.1, 0.15) is 0 Å². The van der Waals surface area contributed by atoms with Gasteiger partial charge in [-0.2, -0.15) is 5.26 Å². The molecule has 0 amide bonds. The molecule has 1 heterocycles. The SMILES string of the molecule is Cc1ccc(Br)c(C(=O)c2c[nH]c3cc(C#N)ccc23)c1. The van der Waals surface area contributed by atoms with E-state index in [0.29, 0.717) is 16.7 Å². The van der Waals surface area contributed by atoms with Crippen molar-refractivity contribution in [1.29, 1.82) is 5.26 Å². The number of H-pyrrole nitrogens is 1. The Kier molecular flexibility index (Phi) is 3.36. The number of aryl methyl sites for hydroxylation is 1. The number of aromatic amines is 1. The Labute approximate surface area is 130 Å². The normalized spacial score (nSPS) is 10.5. The summed E-state index contributed by atoms with van der Waals surface area (Å²) in [6, 6.07) is 13.1. The van der Waals surface area contributed by atoms with Crippen molar-refractivity contribution >= 4 is 32.6 Å². The molecule has 0 atom stereocenters. The lowest BCUT2D eigenvalue weighted by atomic mass is 10.0. The lowest BCUT2D eigenvalue weighted by molar-refractivity contribution is 0.103. The first kappa shape index (κ1) is 13.6. The van der Waals surface area contributed by atoms with Gasteiger partial charge in [0.15, 0.2) is 5.78 Å². The van der Waals surface area contributed by atoms with Crippen LogP contribution in [0.5, 0.6) is 0 Å². The number of nitriles is 1. The Bertz CT molecular complexity index is 903. The third-order valence-corrected chi connectivity index (χ3v) is 4.11. The van der Waals surface area contributed by atoms with Crippen LogP contribution in [0.1, 0.15) is 27.0 Å². The van der Waals surface area contributed by atoms with Gasteiger partial charge in [-0.1, -0.05) is 33.6 Å². The maximum absolute atomic E-state index is 12.7. The van der Waals surface area contributed by atoms with Gasteiger partial charge in [0.2, 0.25) is 0 Å². The molecule has 21 heavy (non-hydrogen) atoms. The van der Waals surface area contributed by atoms with Crippen LogP contribution in [0.4, 0.5) is 0 Å². The van der Waals surface area contributed by atoms with Crippen LogP contribution >= 0.6 is 15.9 Å². The molecule has 0 fully saturated rings. The molecule has 4 heteroatoms. The summed E-state index contributed by atoms with van der Waals surface area (Å²) in [4.78, 5) is 15.8. The van der Waals surface area contributed by atoms with E-state index in [0.717, 1.165) is 20.9 Å². The first-order chi connectivity index (χ1) is 10.1. The topological polar surface area (TPSA) is 56.6 Å². The first-order valence-electron chi connectivity index (χ1n) is 6.42. The van der Waals surface area contributed by atoms with Crippen LogP contribution in [0.2, 0.25) is 0 Å². The number of ketones is 1. The van der Waals surface area contributed by atoms with E-state index in [2.05, 4.69) is 27.0 Å². The molecule has 3 rings (SSSR count). The largest absolute Gasteiger partial charge is 0.360 e. The van der Waals surface area contributed by atoms with Gasteiger partial charge in [-0.25, -0.2) is 0 Å². The molecule has 0 unspecified atom stereocenters. The summed E-state index contributed by atoms with van der Waals surface area (Å²) >= 11 is 3.43. The van der Waals surface area contributed by atoms with Crippen molar-refractivity contribution in [1.82, 2.24) is 4.98 Å². The number of nitrogens with zero attached hydrogens (tertiary/aromatic N) is 1. The van der Waals surface area contributed by atoms with Crippen molar-refractivity contribution in [2.75, 3.05) is 0 Å². The Morgan fingerprint density at radius 1 is 1.19 bits per heavy atom. The summed E-state index contributed by atoms with van der Waals surface area (Å²) in [5, 5.41) is 9.75. The Morgan fingerprint density at radius 2 is 2.00 bits per heavy atom. The molecule has 102 valence electrons. The molecule has 0 aliphatic carbocycles. The average Bonchev–Trinajstić information content (AvgIpc) is 2.91. The van der Waals surface area contributed by atoms with E-state index in [4.69, 9.17) is 5.26 Å². The van der Waals surface area contributed by atoms with E-state index >= 15 is 0 Å². The van der Waals surface area contributed by atoms with Gasteiger partial charge in [0.25, 0.3) is 0 Å². The highest BCUT2D eigenvalue weighted by atomic mass is 79.9. The fraction of sp³-hybridized carbons (Fsp3) is 0.0588. The second-order valence-electron chi connectivity index (χ2n) is 4.89. The minimum Gasteiger partial charge on any atom is -0.360 e. The molecule has 0 spiro atoms. The number of halogens is 1. The fourth-order valence-corrected chi connectivity index (χ4v) is 2.77. The number of aromatic nitrogens is 1. The van der Waals surface area contributed by atoms with Gasteiger partial charge in [-0.15, -0.1) is 0 Å². The molecular formula is C17H11BrN2O. The predicted molar refractivity (Wildman–Crippen MR) is 85.3 cm³/mol. The molecule has 3 aromatic rings. The van der Waals surface area contributed by atoms with Gasteiger partial charge in [-0.3, -0.25) is 4.79 Å². The minimum absolute atomic E-state index is 0.0402. The van der Waals surface area contributed by atoms with Crippen molar-refractivity contribution in [2.24, 2.45) is 0 Å². The van der Waals surface area contributed by atoms with Crippen LogP contribution in [0, 0.1) is 18.3 Å². The van der Waals surface area contributed by atoms with Crippen LogP contribution < -0.4 is 0 Å². The summed E-state index contributed by atoms with van der Waals surface area (Å²) in [5.74, 6) is -0.0402. The van der Waals surface area contributed by atoms with Gasteiger partial charge in [0, 0.05) is 32.7 Å². The number of rotatable bonds is 2. The number of carbonyl (C=O) groups is 1. The molecule has 2 aromatic carbocycles. The second-order valence-corrected chi connectivity index (χ2v) is 5.74. The van der Waals surface area contributed by atoms with E-state index in [1.165, 1.54) is 0 Å². The van der Waals surface area contributed by atoms with Crippen molar-refractivity contribution < 1.29 is 4.79 Å². The highest BCUT2D eigenvalue weighted by molar-refractivity contribution is 9.10. The minimum atomic E-state index is -0.0402. The third kappa shape index (κ3) is 2.37. The summed E-state index contributed by atoms with van der Waals surface area (Å²) in [7, 11) is 0. The zero-order chi connectivity index (χ0) is 15.0. The zero-order valence-corrected chi connectivity index (χ0v) is 12.9. The van der Waals surface area contributed by atoms with Gasteiger partial charge >= 0.3 is 0 Å². The molecule has 1 N–H and O–H groups in total. The summed E-state index contributed by atoms with van der Waals surface area (Å²) < 4.78 is 0.779. The highest BCUT2D eigenvalue weighted by Crippen LogP contribution is 2.26. The average molecular weight is 339 g/mol. The number of carbonyl (C=O) groups excluding carboxylic acids is 1. The van der Waals surface area contributed by atoms with Crippen LogP contribution in [-0.4, -0.2) is 10.8 Å². The quantitative estimate of drug-likeness (QED) is 0.706. The van der Waals surface area contributed by atoms with Crippen LogP contribution in [-0.2, 0) is 0 Å². The van der Waals surface area contributed by atoms with Crippen molar-refractivity contribution in [2.45, 2.75) is 6.92 Å². The number of fused-ring (bicyclic) bond motifs is 1. The molecular weight excluding hydrogens is 328 g/mol. The Hall–Kier alpha value is -2.38. The van der Waals surface area contributed by atoms with Crippen molar-refractivity contribution in [3.8, 4) is 6.07 Å². The predicted octanol–water partition coefficient (Wildman–Crippen LogP) is 4.34. The van der Waals surface area contributed by atoms with Gasteiger partial charge < -0.3 is 4.98 Å². The maximum atomic E-state index is 12.7. The number of nitrogens with one attached hydrogen (secondary N) is 1. The molecule has 0 saturated heterocycles. The monoisotopic (exact) mass is 338 g/mol. The number of benzene rings is 2.